The second kappa shape index (κ2) is 5.32. The van der Waals surface area contributed by atoms with Crippen LogP contribution in [-0.2, 0) is 0 Å². The first-order chi connectivity index (χ1) is 6.58. The van der Waals surface area contributed by atoms with Crippen molar-refractivity contribution in [3.8, 4) is 0 Å². The summed E-state index contributed by atoms with van der Waals surface area (Å²) in [7, 11) is 0. The Morgan fingerprint density at radius 2 is 2.21 bits per heavy atom. The first-order valence-electron chi connectivity index (χ1n) is 4.31. The van der Waals surface area contributed by atoms with Gasteiger partial charge in [-0.05, 0) is 18.2 Å². The predicted molar refractivity (Wildman–Crippen MR) is 65.3 cm³/mol. The van der Waals surface area contributed by atoms with Crippen LogP contribution in [0.25, 0.3) is 0 Å². The number of benzene rings is 1. The van der Waals surface area contributed by atoms with Crippen molar-refractivity contribution in [3.05, 3.63) is 30.1 Å². The smallest absolute Gasteiger partial charge is 0.138 e. The van der Waals surface area contributed by atoms with Crippen molar-refractivity contribution in [3.63, 3.8) is 0 Å². The van der Waals surface area contributed by atoms with Gasteiger partial charge in [-0.3, -0.25) is 0 Å². The highest BCUT2D eigenvalue weighted by atomic mass is 32.2. The first kappa shape index (κ1) is 11.5. The van der Waals surface area contributed by atoms with E-state index in [1.807, 2.05) is 0 Å². The second-order valence-corrected chi connectivity index (χ2v) is 5.34. The zero-order valence-corrected chi connectivity index (χ0v) is 9.71. The molecule has 0 bridgehead atoms. The van der Waals surface area contributed by atoms with Crippen molar-refractivity contribution in [2.24, 2.45) is 0 Å². The van der Waals surface area contributed by atoms with Crippen LogP contribution in [-0.4, -0.2) is 9.57 Å². The van der Waals surface area contributed by atoms with Crippen LogP contribution in [0, 0.1) is 5.82 Å². The van der Waals surface area contributed by atoms with E-state index in [1.165, 1.54) is 12.1 Å². The molecule has 0 aliphatic carbocycles. The van der Waals surface area contributed by atoms with Crippen molar-refractivity contribution in [2.75, 3.05) is 5.32 Å². The number of rotatable bonds is 2. The lowest BCUT2D eigenvalue weighted by Crippen LogP contribution is -2.07. The fraction of sp³-hybridized carbons (Fsp3) is 0.300. The van der Waals surface area contributed by atoms with Crippen molar-refractivity contribution in [1.82, 2.24) is 0 Å². The van der Waals surface area contributed by atoms with Crippen LogP contribution in [0.3, 0.4) is 0 Å². The molecule has 0 saturated carbocycles. The molecule has 0 atom stereocenters. The van der Waals surface area contributed by atoms with E-state index in [2.05, 4.69) is 19.2 Å². The lowest BCUT2D eigenvalue weighted by Gasteiger charge is -2.09. The molecule has 1 rings (SSSR count). The Morgan fingerprint density at radius 1 is 1.50 bits per heavy atom. The number of halogens is 1. The normalized spacial score (nSPS) is 10.3. The molecule has 1 nitrogen and oxygen atoms in total. The molecule has 0 aromatic heterocycles. The zero-order chi connectivity index (χ0) is 10.6. The van der Waals surface area contributed by atoms with E-state index >= 15 is 0 Å². The molecule has 0 radical (unpaired) electrons. The van der Waals surface area contributed by atoms with Gasteiger partial charge >= 0.3 is 0 Å². The summed E-state index contributed by atoms with van der Waals surface area (Å²) in [6, 6.07) is 6.27. The van der Waals surface area contributed by atoms with E-state index in [9.17, 15) is 4.39 Å². The van der Waals surface area contributed by atoms with Crippen molar-refractivity contribution in [1.29, 1.82) is 0 Å². The molecule has 1 aromatic carbocycles. The van der Waals surface area contributed by atoms with Crippen LogP contribution in [0.2, 0.25) is 0 Å². The molecule has 1 aromatic rings. The Balaban J connectivity index is 2.56. The minimum Gasteiger partial charge on any atom is -0.341 e. The summed E-state index contributed by atoms with van der Waals surface area (Å²) in [4.78, 5) is 0. The molecular weight excluding hydrogens is 217 g/mol. The molecule has 4 heteroatoms. The molecule has 0 aliphatic heterocycles. The van der Waals surface area contributed by atoms with E-state index in [1.54, 1.807) is 23.9 Å². The molecule has 0 amide bonds. The fourth-order valence-electron chi connectivity index (χ4n) is 0.928. The van der Waals surface area contributed by atoms with E-state index < -0.39 is 0 Å². The fourth-order valence-corrected chi connectivity index (χ4v) is 2.23. The van der Waals surface area contributed by atoms with Crippen molar-refractivity contribution < 1.29 is 4.39 Å². The van der Waals surface area contributed by atoms with Gasteiger partial charge in [-0.1, -0.05) is 43.9 Å². The Hall–Kier alpha value is -0.610. The van der Waals surface area contributed by atoms with E-state index in [0.29, 0.717) is 15.3 Å². The van der Waals surface area contributed by atoms with Gasteiger partial charge in [-0.2, -0.15) is 0 Å². The average Bonchev–Trinajstić information content (AvgIpc) is 2.01. The number of anilines is 1. The Morgan fingerprint density at radius 3 is 2.79 bits per heavy atom. The van der Waals surface area contributed by atoms with Gasteiger partial charge in [0.1, 0.15) is 10.1 Å². The van der Waals surface area contributed by atoms with E-state index in [4.69, 9.17) is 12.2 Å². The molecule has 0 heterocycles. The lowest BCUT2D eigenvalue weighted by atomic mass is 10.3. The Kier molecular flexibility index (Phi) is 4.35. The molecule has 0 saturated heterocycles. The molecule has 0 unspecified atom stereocenters. The van der Waals surface area contributed by atoms with Gasteiger partial charge in [0.25, 0.3) is 0 Å². The zero-order valence-electron chi connectivity index (χ0n) is 8.08. The minimum atomic E-state index is -0.257. The van der Waals surface area contributed by atoms with Gasteiger partial charge in [0.05, 0.1) is 0 Å². The van der Waals surface area contributed by atoms with E-state index in [0.717, 1.165) is 0 Å². The highest BCUT2D eigenvalue weighted by Crippen LogP contribution is 2.16. The summed E-state index contributed by atoms with van der Waals surface area (Å²) in [6.07, 6.45) is 0. The quantitative estimate of drug-likeness (QED) is 0.777. The molecule has 0 aliphatic rings. The maximum absolute atomic E-state index is 12.8. The van der Waals surface area contributed by atoms with Crippen LogP contribution < -0.4 is 5.32 Å². The largest absolute Gasteiger partial charge is 0.341 e. The summed E-state index contributed by atoms with van der Waals surface area (Å²) in [5.41, 5.74) is 0.697. The van der Waals surface area contributed by atoms with Crippen LogP contribution in [0.4, 0.5) is 10.1 Å². The number of hydrogen-bond acceptors (Lipinski definition) is 2. The summed E-state index contributed by atoms with van der Waals surface area (Å²) in [5, 5.41) is 3.40. The highest BCUT2D eigenvalue weighted by molar-refractivity contribution is 8.23. The second-order valence-electron chi connectivity index (χ2n) is 3.09. The Bertz CT molecular complexity index is 326. The molecule has 0 spiro atoms. The van der Waals surface area contributed by atoms with Crippen LogP contribution in [0.15, 0.2) is 24.3 Å². The first-order valence-corrected chi connectivity index (χ1v) is 5.60. The molecule has 0 fully saturated rings. The number of hydrogen-bond donors (Lipinski definition) is 1. The van der Waals surface area contributed by atoms with Gasteiger partial charge in [0.15, 0.2) is 0 Å². The van der Waals surface area contributed by atoms with Crippen LogP contribution in [0.5, 0.6) is 0 Å². The van der Waals surface area contributed by atoms with Gasteiger partial charge in [0.2, 0.25) is 0 Å². The summed E-state index contributed by atoms with van der Waals surface area (Å²) in [5.74, 6) is -0.257. The maximum Gasteiger partial charge on any atom is 0.138 e. The summed E-state index contributed by atoms with van der Waals surface area (Å²) < 4.78 is 13.5. The standard InChI is InChI=1S/C10H12FNS2/c1-7(2)14-10(13)12-9-5-3-4-8(11)6-9/h3-7H,1-2H3,(H,12,13). The Labute approximate surface area is 93.1 Å². The third-order valence-corrected chi connectivity index (χ3v) is 2.59. The van der Waals surface area contributed by atoms with E-state index in [-0.39, 0.29) is 5.82 Å². The lowest BCUT2D eigenvalue weighted by molar-refractivity contribution is 0.628. The van der Waals surface area contributed by atoms with Gasteiger partial charge in [0, 0.05) is 10.9 Å². The van der Waals surface area contributed by atoms with Crippen LogP contribution in [0.1, 0.15) is 13.8 Å². The maximum atomic E-state index is 12.8. The minimum absolute atomic E-state index is 0.257. The molecule has 14 heavy (non-hydrogen) atoms. The number of nitrogens with one attached hydrogen (secondary N) is 1. The van der Waals surface area contributed by atoms with Gasteiger partial charge in [-0.15, -0.1) is 0 Å². The third kappa shape index (κ3) is 4.07. The molecule has 76 valence electrons. The molecular formula is C10H12FNS2. The average molecular weight is 229 g/mol. The third-order valence-electron chi connectivity index (χ3n) is 1.41. The number of thiocarbonyl (C=S) groups is 1. The van der Waals surface area contributed by atoms with Gasteiger partial charge < -0.3 is 5.32 Å². The SMILES string of the molecule is CC(C)SC(=S)Nc1cccc(F)c1. The number of thioether (sulfide) groups is 1. The van der Waals surface area contributed by atoms with Crippen LogP contribution >= 0.6 is 24.0 Å². The monoisotopic (exact) mass is 229 g/mol. The van der Waals surface area contributed by atoms with Crippen molar-refractivity contribution in [2.45, 2.75) is 19.1 Å². The van der Waals surface area contributed by atoms with Crippen molar-refractivity contribution >= 4 is 34.0 Å². The topological polar surface area (TPSA) is 12.0 Å². The predicted octanol–water partition coefficient (Wildman–Crippen LogP) is 3.66. The summed E-state index contributed by atoms with van der Waals surface area (Å²) in [6.45, 7) is 4.12. The van der Waals surface area contributed by atoms with Gasteiger partial charge in [-0.25, -0.2) is 4.39 Å². The molecule has 1 N–H and O–H groups in total. The highest BCUT2D eigenvalue weighted by Gasteiger charge is 2.02. The summed E-state index contributed by atoms with van der Waals surface area (Å²) >= 11 is 6.64.